The summed E-state index contributed by atoms with van der Waals surface area (Å²) in [4.78, 5) is 14.3. The third-order valence-corrected chi connectivity index (χ3v) is 3.14. The number of ether oxygens (including phenoxy) is 1. The van der Waals surface area contributed by atoms with E-state index in [-0.39, 0.29) is 5.91 Å². The van der Waals surface area contributed by atoms with Gasteiger partial charge >= 0.3 is 0 Å². The molecule has 0 unspecified atom stereocenters. The Morgan fingerprint density at radius 1 is 1.38 bits per heavy atom. The molecule has 1 amide bonds. The Bertz CT molecular complexity index is 609. The topological polar surface area (TPSA) is 73.4 Å². The van der Waals surface area contributed by atoms with Gasteiger partial charge in [-0.1, -0.05) is 12.1 Å². The Morgan fingerprint density at radius 2 is 2.14 bits per heavy atom. The van der Waals surface area contributed by atoms with Crippen molar-refractivity contribution in [3.63, 3.8) is 0 Å². The number of nitrogens with two attached hydrogens (primary N) is 1. The van der Waals surface area contributed by atoms with Crippen molar-refractivity contribution in [2.75, 3.05) is 25.1 Å². The van der Waals surface area contributed by atoms with Gasteiger partial charge in [-0.2, -0.15) is 5.10 Å². The molecule has 21 heavy (non-hydrogen) atoms. The molecule has 2 rings (SSSR count). The number of carbonyl (C=O) groups is 1. The van der Waals surface area contributed by atoms with E-state index < -0.39 is 0 Å². The van der Waals surface area contributed by atoms with Crippen LogP contribution in [0.25, 0.3) is 0 Å². The minimum Gasteiger partial charge on any atom is -0.495 e. The third kappa shape index (κ3) is 3.41. The number of rotatable bonds is 6. The Balaban J connectivity index is 2.35. The van der Waals surface area contributed by atoms with Gasteiger partial charge in [0, 0.05) is 19.8 Å². The van der Waals surface area contributed by atoms with E-state index >= 15 is 0 Å². The minimum atomic E-state index is -0.159. The molecular weight excluding hydrogens is 268 g/mol. The normalized spacial score (nSPS) is 10.4. The predicted molar refractivity (Wildman–Crippen MR) is 81.5 cm³/mol. The van der Waals surface area contributed by atoms with Crippen LogP contribution in [0.4, 0.5) is 5.69 Å². The molecule has 6 heteroatoms. The molecule has 0 aliphatic rings. The number of aromatic nitrogens is 2. The van der Waals surface area contributed by atoms with Crippen LogP contribution >= 0.6 is 0 Å². The van der Waals surface area contributed by atoms with Crippen molar-refractivity contribution in [3.05, 3.63) is 42.2 Å². The van der Waals surface area contributed by atoms with Crippen LogP contribution in [0.5, 0.6) is 5.75 Å². The average Bonchev–Trinajstić information content (AvgIpc) is 2.94. The van der Waals surface area contributed by atoms with Crippen molar-refractivity contribution in [2.24, 2.45) is 12.8 Å². The number of para-hydroxylation sites is 2. The van der Waals surface area contributed by atoms with Crippen LogP contribution in [0.2, 0.25) is 0 Å². The highest BCUT2D eigenvalue weighted by molar-refractivity contribution is 6.05. The van der Waals surface area contributed by atoms with Crippen LogP contribution in [-0.2, 0) is 7.05 Å². The maximum atomic E-state index is 12.7. The second-order valence-electron chi connectivity index (χ2n) is 4.65. The van der Waals surface area contributed by atoms with Gasteiger partial charge in [0.05, 0.1) is 12.8 Å². The molecule has 0 saturated heterocycles. The number of anilines is 1. The van der Waals surface area contributed by atoms with Gasteiger partial charge in [-0.3, -0.25) is 9.48 Å². The molecule has 6 nitrogen and oxygen atoms in total. The highest BCUT2D eigenvalue weighted by atomic mass is 16.5. The molecule has 112 valence electrons. The molecule has 2 N–H and O–H groups in total. The van der Waals surface area contributed by atoms with Gasteiger partial charge in [-0.05, 0) is 31.2 Å². The molecular formula is C15H20N4O2. The van der Waals surface area contributed by atoms with Gasteiger partial charge in [0.25, 0.3) is 5.91 Å². The molecule has 0 bridgehead atoms. The van der Waals surface area contributed by atoms with E-state index in [0.717, 1.165) is 5.69 Å². The van der Waals surface area contributed by atoms with Gasteiger partial charge in [0.1, 0.15) is 5.75 Å². The number of hydrogen-bond acceptors (Lipinski definition) is 4. The van der Waals surface area contributed by atoms with Crippen molar-refractivity contribution in [2.45, 2.75) is 6.42 Å². The summed E-state index contributed by atoms with van der Waals surface area (Å²) in [5.41, 5.74) is 6.71. The molecule has 0 fully saturated rings. The number of carbonyl (C=O) groups excluding carboxylic acids is 1. The highest BCUT2D eigenvalue weighted by Gasteiger charge is 2.22. The summed E-state index contributed by atoms with van der Waals surface area (Å²) in [6.07, 6.45) is 2.45. The number of nitrogens with zero attached hydrogens (tertiary/aromatic N) is 3. The first kappa shape index (κ1) is 15.1. The summed E-state index contributed by atoms with van der Waals surface area (Å²) in [6, 6.07) is 9.13. The number of benzene rings is 1. The lowest BCUT2D eigenvalue weighted by Gasteiger charge is -2.23. The summed E-state index contributed by atoms with van der Waals surface area (Å²) in [6.45, 7) is 1.04. The fourth-order valence-electron chi connectivity index (χ4n) is 2.10. The second kappa shape index (κ2) is 6.90. The smallest absolute Gasteiger partial charge is 0.278 e. The van der Waals surface area contributed by atoms with E-state index in [1.807, 2.05) is 24.3 Å². The minimum absolute atomic E-state index is 0.159. The van der Waals surface area contributed by atoms with Crippen LogP contribution < -0.4 is 15.4 Å². The summed E-state index contributed by atoms with van der Waals surface area (Å²) in [5, 5.41) is 4.17. The molecule has 0 radical (unpaired) electrons. The Morgan fingerprint density at radius 3 is 2.76 bits per heavy atom. The zero-order valence-electron chi connectivity index (χ0n) is 12.3. The largest absolute Gasteiger partial charge is 0.495 e. The van der Waals surface area contributed by atoms with Crippen LogP contribution in [0.3, 0.4) is 0 Å². The van der Waals surface area contributed by atoms with Crippen molar-refractivity contribution in [1.82, 2.24) is 9.78 Å². The molecule has 0 saturated carbocycles. The predicted octanol–water partition coefficient (Wildman–Crippen LogP) is 1.42. The van der Waals surface area contributed by atoms with Crippen molar-refractivity contribution in [1.29, 1.82) is 0 Å². The first-order valence-electron chi connectivity index (χ1n) is 6.82. The van der Waals surface area contributed by atoms with Gasteiger partial charge in [0.15, 0.2) is 5.69 Å². The maximum Gasteiger partial charge on any atom is 0.278 e. The lowest BCUT2D eigenvalue weighted by molar-refractivity contribution is 0.0980. The molecule has 0 atom stereocenters. The lowest BCUT2D eigenvalue weighted by atomic mass is 10.2. The second-order valence-corrected chi connectivity index (χ2v) is 4.65. The van der Waals surface area contributed by atoms with E-state index in [1.165, 1.54) is 0 Å². The van der Waals surface area contributed by atoms with E-state index in [0.29, 0.717) is 31.0 Å². The maximum absolute atomic E-state index is 12.7. The quantitative estimate of drug-likeness (QED) is 0.872. The van der Waals surface area contributed by atoms with Crippen molar-refractivity contribution in [3.8, 4) is 5.75 Å². The van der Waals surface area contributed by atoms with Crippen LogP contribution in [0.1, 0.15) is 16.9 Å². The molecule has 2 aromatic rings. The molecule has 0 spiro atoms. The molecule has 1 aromatic carbocycles. The molecule has 1 aromatic heterocycles. The number of hydrogen-bond donors (Lipinski definition) is 1. The third-order valence-electron chi connectivity index (χ3n) is 3.14. The summed E-state index contributed by atoms with van der Waals surface area (Å²) >= 11 is 0. The van der Waals surface area contributed by atoms with Gasteiger partial charge < -0.3 is 15.4 Å². The SMILES string of the molecule is COc1ccccc1N(CCCN)C(=O)c1ccn(C)n1. The average molecular weight is 288 g/mol. The van der Waals surface area contributed by atoms with E-state index in [2.05, 4.69) is 5.10 Å². The Kier molecular flexibility index (Phi) is 4.94. The van der Waals surface area contributed by atoms with E-state index in [4.69, 9.17) is 10.5 Å². The van der Waals surface area contributed by atoms with Crippen molar-refractivity contribution >= 4 is 11.6 Å². The zero-order valence-corrected chi connectivity index (χ0v) is 12.3. The molecule has 0 aliphatic heterocycles. The zero-order chi connectivity index (χ0) is 15.2. The Hall–Kier alpha value is -2.34. The molecule has 1 heterocycles. The first-order valence-corrected chi connectivity index (χ1v) is 6.82. The number of amides is 1. The number of methoxy groups -OCH3 is 1. The van der Waals surface area contributed by atoms with Crippen molar-refractivity contribution < 1.29 is 9.53 Å². The van der Waals surface area contributed by atoms with Crippen LogP contribution in [0, 0.1) is 0 Å². The van der Waals surface area contributed by atoms with E-state index in [9.17, 15) is 4.79 Å². The molecule has 0 aliphatic carbocycles. The standard InChI is InChI=1S/C15H20N4O2/c1-18-11-8-12(17-18)15(20)19(10-5-9-16)13-6-3-4-7-14(13)21-2/h3-4,6-8,11H,5,9-10,16H2,1-2H3. The van der Waals surface area contributed by atoms with Crippen LogP contribution in [0.15, 0.2) is 36.5 Å². The Labute approximate surface area is 124 Å². The summed E-state index contributed by atoms with van der Waals surface area (Å²) in [7, 11) is 3.37. The fourth-order valence-corrected chi connectivity index (χ4v) is 2.10. The highest BCUT2D eigenvalue weighted by Crippen LogP contribution is 2.28. The van der Waals surface area contributed by atoms with E-state index in [1.54, 1.807) is 36.0 Å². The lowest BCUT2D eigenvalue weighted by Crippen LogP contribution is -2.33. The monoisotopic (exact) mass is 288 g/mol. The summed E-state index contributed by atoms with van der Waals surface area (Å²) < 4.78 is 6.95. The summed E-state index contributed by atoms with van der Waals surface area (Å²) in [5.74, 6) is 0.493. The fraction of sp³-hybridized carbons (Fsp3) is 0.333. The van der Waals surface area contributed by atoms with Gasteiger partial charge in [0.2, 0.25) is 0 Å². The van der Waals surface area contributed by atoms with Crippen LogP contribution in [-0.4, -0.2) is 35.9 Å². The van der Waals surface area contributed by atoms with Gasteiger partial charge in [-0.15, -0.1) is 0 Å². The van der Waals surface area contributed by atoms with Gasteiger partial charge in [-0.25, -0.2) is 0 Å². The number of aryl methyl sites for hydroxylation is 1. The first-order chi connectivity index (χ1) is 10.2.